The van der Waals surface area contributed by atoms with E-state index in [4.69, 9.17) is 9.41 Å². The molecule has 1 aliphatic heterocycles. The van der Waals surface area contributed by atoms with E-state index in [2.05, 4.69) is 151 Å². The Morgan fingerprint density at radius 3 is 1.94 bits per heavy atom. The number of thiophene rings is 1. The van der Waals surface area contributed by atoms with Crippen molar-refractivity contribution in [3.63, 3.8) is 0 Å². The molecule has 0 fully saturated rings. The minimum absolute atomic E-state index is 0.174. The van der Waals surface area contributed by atoms with Crippen LogP contribution in [-0.4, -0.2) is 0 Å². The summed E-state index contributed by atoms with van der Waals surface area (Å²) in [5.41, 5.74) is 6.34. The lowest BCUT2D eigenvalue weighted by Crippen LogP contribution is -2.39. The van der Waals surface area contributed by atoms with Gasteiger partial charge >= 0.3 is 0 Å². The van der Waals surface area contributed by atoms with E-state index in [1.165, 1.54) is 52.6 Å². The molecule has 7 aromatic carbocycles. The number of allylic oxidation sites excluding steroid dienone is 2. The van der Waals surface area contributed by atoms with Crippen LogP contribution >= 0.6 is 11.3 Å². The first-order chi connectivity index (χ1) is 24.3. The number of para-hydroxylation sites is 1. The normalized spacial score (nSPS) is 16.0. The first-order valence-electron chi connectivity index (χ1n) is 16.8. The fourth-order valence-electron chi connectivity index (χ4n) is 8.09. The number of nitrogens with one attached hydrogen (secondary N) is 1. The van der Waals surface area contributed by atoms with Crippen LogP contribution in [0.15, 0.2) is 161 Å². The van der Waals surface area contributed by atoms with Gasteiger partial charge in [-0.3, -0.25) is 4.99 Å². The molecule has 11 rings (SSSR count). The maximum atomic E-state index is 6.62. The molecule has 3 heterocycles. The van der Waals surface area contributed by atoms with E-state index in [-0.39, 0.29) is 12.1 Å². The zero-order valence-corrected chi connectivity index (χ0v) is 27.2. The Labute approximate surface area is 285 Å². The van der Waals surface area contributed by atoms with Gasteiger partial charge in [-0.2, -0.15) is 0 Å². The molecule has 3 nitrogen and oxygen atoms in total. The molecule has 1 aliphatic carbocycles. The zero-order chi connectivity index (χ0) is 32.1. The van der Waals surface area contributed by atoms with Gasteiger partial charge < -0.3 is 9.73 Å². The van der Waals surface area contributed by atoms with Gasteiger partial charge in [0.15, 0.2) is 0 Å². The Kier molecular flexibility index (Phi) is 5.66. The Bertz CT molecular complexity index is 3000. The van der Waals surface area contributed by atoms with Crippen molar-refractivity contribution in [2.75, 3.05) is 0 Å². The average Bonchev–Trinajstić information content (AvgIpc) is 3.92. The summed E-state index contributed by atoms with van der Waals surface area (Å²) in [5, 5.41) is 16.1. The van der Waals surface area contributed by atoms with Gasteiger partial charge in [-0.25, -0.2) is 0 Å². The largest absolute Gasteiger partial charge is 0.456 e. The van der Waals surface area contributed by atoms with Crippen molar-refractivity contribution < 1.29 is 4.42 Å². The van der Waals surface area contributed by atoms with Crippen molar-refractivity contribution in [2.24, 2.45) is 10.9 Å². The van der Waals surface area contributed by atoms with Crippen molar-refractivity contribution in [3.05, 3.63) is 167 Å². The summed E-state index contributed by atoms with van der Waals surface area (Å²) in [6.45, 7) is 0. The standard InChI is InChI=1S/C45H28N2OS/c1-2-12-26(11-1)42-44-43(35-18-8-10-20-40(35)49-44)47-45(46-42)37-24-28(25-39-41(37)34-17-7-9-19-38(34)48-39)27-21-22-33-31-15-4-3-13-29(31)30-14-5-6-16-32(30)36(33)23-27/h1-26,45-46H. The Balaban J connectivity index is 1.19. The topological polar surface area (TPSA) is 37.5 Å². The van der Waals surface area contributed by atoms with E-state index in [1.807, 2.05) is 17.4 Å². The van der Waals surface area contributed by atoms with Gasteiger partial charge in [0.1, 0.15) is 17.3 Å². The van der Waals surface area contributed by atoms with Crippen LogP contribution in [0.4, 0.5) is 0 Å². The predicted octanol–water partition coefficient (Wildman–Crippen LogP) is 10.7. The first-order valence-corrected chi connectivity index (χ1v) is 17.6. The summed E-state index contributed by atoms with van der Waals surface area (Å²) in [5.74, 6) is 0.174. The third-order valence-corrected chi connectivity index (χ3v) is 11.5. The number of fused-ring (bicyclic) bond motifs is 12. The second-order valence-electron chi connectivity index (χ2n) is 13.0. The minimum Gasteiger partial charge on any atom is -0.456 e. The van der Waals surface area contributed by atoms with Gasteiger partial charge in [-0.15, -0.1) is 11.3 Å². The van der Waals surface area contributed by atoms with Gasteiger partial charge in [-0.1, -0.05) is 121 Å². The molecule has 0 saturated heterocycles. The van der Waals surface area contributed by atoms with Crippen LogP contribution in [0.1, 0.15) is 11.7 Å². The van der Waals surface area contributed by atoms with Crippen molar-refractivity contribution in [1.82, 2.24) is 5.32 Å². The molecular weight excluding hydrogens is 617 g/mol. The highest BCUT2D eigenvalue weighted by molar-refractivity contribution is 7.17. The van der Waals surface area contributed by atoms with E-state index in [9.17, 15) is 0 Å². The third kappa shape index (κ3) is 3.98. The maximum absolute atomic E-state index is 6.62. The van der Waals surface area contributed by atoms with Gasteiger partial charge in [0.2, 0.25) is 0 Å². The number of benzene rings is 7. The average molecular weight is 645 g/mol. The SMILES string of the molecule is C1=CC(C2=c3sc4ccccc4c3=NC(c3cc(-c4ccc5c6ccccc6c6ccccc6c5c4)cc4oc5ccccc5c34)N2)C=C1. The Hall–Kier alpha value is -5.97. The van der Waals surface area contributed by atoms with Crippen LogP contribution in [0.2, 0.25) is 0 Å². The fourth-order valence-corrected chi connectivity index (χ4v) is 9.30. The highest BCUT2D eigenvalue weighted by atomic mass is 32.1. The molecule has 0 radical (unpaired) electrons. The van der Waals surface area contributed by atoms with Crippen LogP contribution in [0.3, 0.4) is 0 Å². The number of nitrogens with zero attached hydrogens (tertiary/aromatic N) is 1. The lowest BCUT2D eigenvalue weighted by atomic mass is 9.91. The lowest BCUT2D eigenvalue weighted by Gasteiger charge is -2.25. The molecule has 49 heavy (non-hydrogen) atoms. The molecule has 1 unspecified atom stereocenters. The summed E-state index contributed by atoms with van der Waals surface area (Å²) in [6, 6.07) is 46.0. The highest BCUT2D eigenvalue weighted by Crippen LogP contribution is 2.41. The number of rotatable bonds is 3. The molecule has 2 aromatic heterocycles. The molecule has 0 saturated carbocycles. The summed E-state index contributed by atoms with van der Waals surface area (Å²) in [4.78, 5) is 5.51. The van der Waals surface area contributed by atoms with Crippen LogP contribution in [0.5, 0.6) is 0 Å². The Morgan fingerprint density at radius 2 is 1.18 bits per heavy atom. The van der Waals surface area contributed by atoms with Gasteiger partial charge in [0.25, 0.3) is 0 Å². The molecule has 9 aromatic rings. The van der Waals surface area contributed by atoms with Crippen LogP contribution < -0.4 is 15.2 Å². The number of hydrogen-bond acceptors (Lipinski definition) is 4. The quantitative estimate of drug-likeness (QED) is 0.194. The summed E-state index contributed by atoms with van der Waals surface area (Å²) in [6.07, 6.45) is 8.52. The van der Waals surface area contributed by atoms with Crippen molar-refractivity contribution in [1.29, 1.82) is 0 Å². The van der Waals surface area contributed by atoms with E-state index in [0.717, 1.165) is 44.0 Å². The van der Waals surface area contributed by atoms with Crippen molar-refractivity contribution in [3.8, 4) is 11.1 Å². The number of hydrogen-bond donors (Lipinski definition) is 1. The maximum Gasteiger partial charge on any atom is 0.146 e. The molecule has 2 aliphatic rings. The molecule has 1 atom stereocenters. The summed E-state index contributed by atoms with van der Waals surface area (Å²) < 4.78 is 9.09. The molecule has 4 heteroatoms. The fraction of sp³-hybridized carbons (Fsp3) is 0.0444. The number of furan rings is 1. The molecule has 0 amide bonds. The van der Waals surface area contributed by atoms with Crippen LogP contribution in [0.25, 0.3) is 81.2 Å². The zero-order valence-electron chi connectivity index (χ0n) is 26.4. The third-order valence-electron chi connectivity index (χ3n) is 10.3. The Morgan fingerprint density at radius 1 is 0.551 bits per heavy atom. The summed E-state index contributed by atoms with van der Waals surface area (Å²) >= 11 is 1.82. The van der Waals surface area contributed by atoms with Gasteiger partial charge in [-0.05, 0) is 73.8 Å². The van der Waals surface area contributed by atoms with E-state index < -0.39 is 0 Å². The lowest BCUT2D eigenvalue weighted by molar-refractivity contribution is 0.621. The molecule has 0 bridgehead atoms. The van der Waals surface area contributed by atoms with E-state index >= 15 is 0 Å². The molecule has 1 N–H and O–H groups in total. The van der Waals surface area contributed by atoms with Gasteiger partial charge in [0.05, 0.1) is 9.89 Å². The highest BCUT2D eigenvalue weighted by Gasteiger charge is 2.27. The van der Waals surface area contributed by atoms with E-state index in [0.29, 0.717) is 0 Å². The van der Waals surface area contributed by atoms with Crippen LogP contribution in [0, 0.1) is 5.92 Å². The van der Waals surface area contributed by atoms with Crippen molar-refractivity contribution in [2.45, 2.75) is 6.17 Å². The van der Waals surface area contributed by atoms with Gasteiger partial charge in [0, 0.05) is 38.0 Å². The van der Waals surface area contributed by atoms with Crippen LogP contribution in [-0.2, 0) is 0 Å². The molecule has 0 spiro atoms. The monoisotopic (exact) mass is 644 g/mol. The van der Waals surface area contributed by atoms with E-state index in [1.54, 1.807) is 0 Å². The smallest absolute Gasteiger partial charge is 0.146 e. The minimum atomic E-state index is -0.295. The molecular formula is C45H28N2OS. The molecule has 230 valence electrons. The predicted molar refractivity (Wildman–Crippen MR) is 205 cm³/mol. The first kappa shape index (κ1) is 27.0. The van der Waals surface area contributed by atoms with Crippen molar-refractivity contribution >= 4 is 81.4 Å². The summed E-state index contributed by atoms with van der Waals surface area (Å²) in [7, 11) is 0. The second-order valence-corrected chi connectivity index (χ2v) is 14.1. The second kappa shape index (κ2) is 10.3.